The Balaban J connectivity index is 1.54. The lowest BCUT2D eigenvalue weighted by atomic mass is 9.92. The third kappa shape index (κ3) is 10.3. The molecule has 0 bridgehead atoms. The molecule has 1 fully saturated rings. The van der Waals surface area contributed by atoms with Crippen LogP contribution in [0.1, 0.15) is 48.9 Å². The van der Waals surface area contributed by atoms with Crippen molar-refractivity contribution in [3.05, 3.63) is 101 Å². The van der Waals surface area contributed by atoms with Gasteiger partial charge in [0.05, 0.1) is 12.1 Å². The Morgan fingerprint density at radius 2 is 1.45 bits per heavy atom. The predicted octanol–water partition coefficient (Wildman–Crippen LogP) is 4.12. The molecule has 5 N–H and O–H groups in total. The van der Waals surface area contributed by atoms with Gasteiger partial charge in [0, 0.05) is 19.1 Å². The molecule has 11 heteroatoms. The van der Waals surface area contributed by atoms with E-state index in [1.54, 1.807) is 0 Å². The smallest absolute Gasteiger partial charge is 0.328 e. The van der Waals surface area contributed by atoms with E-state index in [1.807, 2.05) is 107 Å². The van der Waals surface area contributed by atoms with E-state index in [4.69, 9.17) is 10.5 Å². The second kappa shape index (κ2) is 17.5. The van der Waals surface area contributed by atoms with Crippen molar-refractivity contribution < 1.29 is 29.0 Å². The zero-order chi connectivity index (χ0) is 35.5. The van der Waals surface area contributed by atoms with Crippen molar-refractivity contribution in [2.45, 2.75) is 77.6 Å². The van der Waals surface area contributed by atoms with Gasteiger partial charge in [0.15, 0.2) is 6.61 Å². The van der Waals surface area contributed by atoms with Crippen LogP contribution in [0.2, 0.25) is 0 Å². The lowest BCUT2D eigenvalue weighted by molar-refractivity contribution is -0.128. The molecule has 4 atom stereocenters. The van der Waals surface area contributed by atoms with Gasteiger partial charge in [-0.2, -0.15) is 0 Å². The van der Waals surface area contributed by atoms with Crippen LogP contribution in [0.15, 0.2) is 78.9 Å². The van der Waals surface area contributed by atoms with Crippen LogP contribution in [-0.4, -0.2) is 82.7 Å². The van der Waals surface area contributed by atoms with Crippen molar-refractivity contribution in [1.29, 1.82) is 0 Å². The predicted molar refractivity (Wildman–Crippen MR) is 188 cm³/mol. The van der Waals surface area contributed by atoms with Crippen LogP contribution < -0.4 is 21.1 Å². The lowest BCUT2D eigenvalue weighted by Gasteiger charge is -2.40. The van der Waals surface area contributed by atoms with Crippen molar-refractivity contribution in [2.75, 3.05) is 19.7 Å². The van der Waals surface area contributed by atoms with E-state index in [-0.39, 0.29) is 31.4 Å². The summed E-state index contributed by atoms with van der Waals surface area (Å²) in [5.41, 5.74) is 9.15. The molecule has 3 aromatic rings. The Labute approximate surface area is 288 Å². The van der Waals surface area contributed by atoms with Gasteiger partial charge >= 0.3 is 12.1 Å². The van der Waals surface area contributed by atoms with E-state index >= 15 is 0 Å². The Bertz CT molecular complexity index is 1550. The number of nitrogens with one attached hydrogen (secondary N) is 2. The number of ether oxygens (including phenoxy) is 1. The molecule has 4 rings (SSSR count). The molecule has 0 aliphatic carbocycles. The minimum Gasteiger partial charge on any atom is -0.483 e. The minimum absolute atomic E-state index is 0.113. The number of para-hydroxylation sites is 1. The maximum absolute atomic E-state index is 14.0. The third-order valence-electron chi connectivity index (χ3n) is 8.82. The SMILES string of the molecule is Cc1cccc(C)c1OCC(=O)N[C@@H](Cc1ccccc1)[C@@H](O)C[C@H](Cc1ccccc1)NC(=O)[C@H](C(C)C)N1CCCN(C(N)=O)C1=O. The molecular formula is C38H49N5O6. The first-order valence-corrected chi connectivity index (χ1v) is 16.9. The number of rotatable bonds is 15. The van der Waals surface area contributed by atoms with Crippen molar-refractivity contribution in [3.63, 3.8) is 0 Å². The van der Waals surface area contributed by atoms with Crippen LogP contribution in [-0.2, 0) is 22.4 Å². The Morgan fingerprint density at radius 3 is 2.02 bits per heavy atom. The second-order valence-corrected chi connectivity index (χ2v) is 13.1. The quantitative estimate of drug-likeness (QED) is 0.191. The fourth-order valence-electron chi connectivity index (χ4n) is 6.41. The maximum Gasteiger partial charge on any atom is 0.328 e. The zero-order valence-electron chi connectivity index (χ0n) is 28.8. The summed E-state index contributed by atoms with van der Waals surface area (Å²) >= 11 is 0. The average Bonchev–Trinajstić information content (AvgIpc) is 3.05. The van der Waals surface area contributed by atoms with Crippen molar-refractivity contribution in [2.24, 2.45) is 11.7 Å². The summed E-state index contributed by atoms with van der Waals surface area (Å²) in [6, 6.07) is 21.4. The summed E-state index contributed by atoms with van der Waals surface area (Å²) < 4.78 is 5.90. The fraction of sp³-hybridized carbons (Fsp3) is 0.421. The zero-order valence-corrected chi connectivity index (χ0v) is 28.8. The van der Waals surface area contributed by atoms with E-state index in [9.17, 15) is 24.3 Å². The monoisotopic (exact) mass is 671 g/mol. The highest BCUT2D eigenvalue weighted by molar-refractivity contribution is 5.96. The van der Waals surface area contributed by atoms with Gasteiger partial charge in [-0.25, -0.2) is 14.5 Å². The lowest BCUT2D eigenvalue weighted by Crippen LogP contribution is -2.62. The summed E-state index contributed by atoms with van der Waals surface area (Å²) in [5, 5.41) is 17.8. The normalized spacial score (nSPS) is 15.7. The van der Waals surface area contributed by atoms with Crippen molar-refractivity contribution >= 4 is 23.9 Å². The first-order valence-electron chi connectivity index (χ1n) is 16.9. The molecule has 0 radical (unpaired) electrons. The van der Waals surface area contributed by atoms with Crippen LogP contribution in [0.3, 0.4) is 0 Å². The molecule has 0 aromatic heterocycles. The van der Waals surface area contributed by atoms with E-state index in [2.05, 4.69) is 10.6 Å². The maximum atomic E-state index is 14.0. The number of imide groups is 1. The average molecular weight is 672 g/mol. The number of aliphatic hydroxyl groups excluding tert-OH is 1. The molecule has 1 aliphatic rings. The van der Waals surface area contributed by atoms with E-state index in [0.717, 1.165) is 27.2 Å². The first-order chi connectivity index (χ1) is 23.4. The van der Waals surface area contributed by atoms with Crippen molar-refractivity contribution in [3.8, 4) is 5.75 Å². The van der Waals surface area contributed by atoms with Crippen LogP contribution >= 0.6 is 0 Å². The van der Waals surface area contributed by atoms with Gasteiger partial charge in [0.1, 0.15) is 11.8 Å². The summed E-state index contributed by atoms with van der Waals surface area (Å²) in [6.07, 6.45) is 0.298. The number of benzene rings is 3. The molecule has 0 saturated carbocycles. The molecule has 262 valence electrons. The third-order valence-corrected chi connectivity index (χ3v) is 8.82. The second-order valence-electron chi connectivity index (χ2n) is 13.1. The van der Waals surface area contributed by atoms with E-state index < -0.39 is 42.2 Å². The molecule has 1 aliphatic heterocycles. The summed E-state index contributed by atoms with van der Waals surface area (Å²) in [7, 11) is 0. The fourth-order valence-corrected chi connectivity index (χ4v) is 6.41. The Morgan fingerprint density at radius 1 is 0.857 bits per heavy atom. The number of primary amides is 1. The topological polar surface area (TPSA) is 154 Å². The number of carbonyl (C=O) groups excluding carboxylic acids is 4. The number of aliphatic hydroxyl groups is 1. The molecule has 11 nitrogen and oxygen atoms in total. The number of hydrogen-bond acceptors (Lipinski definition) is 6. The van der Waals surface area contributed by atoms with Gasteiger partial charge in [-0.1, -0.05) is 92.7 Å². The van der Waals surface area contributed by atoms with Gasteiger partial charge in [-0.05, 0) is 67.7 Å². The van der Waals surface area contributed by atoms with Gasteiger partial charge in [-0.3, -0.25) is 9.59 Å². The van der Waals surface area contributed by atoms with Gasteiger partial charge in [0.2, 0.25) is 5.91 Å². The van der Waals surface area contributed by atoms with Crippen LogP contribution in [0.5, 0.6) is 5.75 Å². The molecule has 1 heterocycles. The number of carbonyl (C=O) groups is 4. The molecular weight excluding hydrogens is 622 g/mol. The highest BCUT2D eigenvalue weighted by Gasteiger charge is 2.39. The number of amides is 6. The molecule has 3 aromatic carbocycles. The number of nitrogens with two attached hydrogens (primary N) is 1. The highest BCUT2D eigenvalue weighted by atomic mass is 16.5. The molecule has 0 spiro atoms. The summed E-state index contributed by atoms with van der Waals surface area (Å²) in [6.45, 7) is 7.80. The summed E-state index contributed by atoms with van der Waals surface area (Å²) in [4.78, 5) is 54.7. The Kier molecular flexibility index (Phi) is 13.2. The number of urea groups is 2. The minimum atomic E-state index is -1.06. The highest BCUT2D eigenvalue weighted by Crippen LogP contribution is 2.23. The van der Waals surface area contributed by atoms with E-state index in [1.165, 1.54) is 4.90 Å². The standard InChI is InChI=1S/C38H49N5O6/c1-25(2)34(42-19-12-20-43(37(39)47)38(42)48)36(46)40-30(21-28-15-7-5-8-16-28)23-32(44)31(22-29-17-9-6-10-18-29)41-33(45)24-49-35-26(3)13-11-14-27(35)4/h5-11,13-18,25,30-32,34,44H,12,19-24H2,1-4H3,(H2,39,47)(H,40,46)(H,41,45)/t30-,31-,32-,34-/m0/s1. The number of hydrogen-bond donors (Lipinski definition) is 4. The van der Waals surface area contributed by atoms with Crippen molar-refractivity contribution in [1.82, 2.24) is 20.4 Å². The van der Waals surface area contributed by atoms with Crippen LogP contribution in [0.25, 0.3) is 0 Å². The number of nitrogens with zero attached hydrogens (tertiary/aromatic N) is 2. The number of aryl methyl sites for hydroxylation is 2. The van der Waals surface area contributed by atoms with Crippen LogP contribution in [0, 0.1) is 19.8 Å². The largest absolute Gasteiger partial charge is 0.483 e. The molecule has 6 amide bonds. The van der Waals surface area contributed by atoms with Gasteiger partial charge < -0.3 is 31.1 Å². The Hall–Kier alpha value is -4.90. The molecule has 1 saturated heterocycles. The summed E-state index contributed by atoms with van der Waals surface area (Å²) in [5.74, 6) is -0.405. The van der Waals surface area contributed by atoms with Gasteiger partial charge in [0.25, 0.3) is 5.91 Å². The molecule has 0 unspecified atom stereocenters. The van der Waals surface area contributed by atoms with Gasteiger partial charge in [-0.15, -0.1) is 0 Å². The molecule has 49 heavy (non-hydrogen) atoms. The first kappa shape index (κ1) is 36.9. The van der Waals surface area contributed by atoms with Crippen LogP contribution in [0.4, 0.5) is 9.59 Å². The van der Waals surface area contributed by atoms with E-state index in [0.29, 0.717) is 31.6 Å².